The summed E-state index contributed by atoms with van der Waals surface area (Å²) in [5.74, 6) is -0.654. The number of unbranched alkanes of at least 4 members (excludes halogenated alkanes) is 1. The quantitative estimate of drug-likeness (QED) is 0.767. The molecule has 0 aliphatic rings. The molecule has 0 aliphatic heterocycles. The van der Waals surface area contributed by atoms with Gasteiger partial charge in [0.05, 0.1) is 4.90 Å². The van der Waals surface area contributed by atoms with E-state index in [2.05, 4.69) is 5.32 Å². The van der Waals surface area contributed by atoms with Gasteiger partial charge in [0.1, 0.15) is 5.82 Å². The zero-order valence-electron chi connectivity index (χ0n) is 14.9. The van der Waals surface area contributed by atoms with Gasteiger partial charge in [-0.2, -0.15) is 0 Å². The van der Waals surface area contributed by atoms with Crippen molar-refractivity contribution in [2.24, 2.45) is 0 Å². The van der Waals surface area contributed by atoms with Crippen molar-refractivity contribution >= 4 is 15.9 Å². The molecule has 1 N–H and O–H groups in total. The number of benzene rings is 2. The normalized spacial score (nSPS) is 11.5. The molecule has 0 saturated carbocycles. The van der Waals surface area contributed by atoms with Crippen molar-refractivity contribution in [1.29, 1.82) is 0 Å². The maximum Gasteiger partial charge on any atom is 0.251 e. The lowest BCUT2D eigenvalue weighted by molar-refractivity contribution is 0.0951. The lowest BCUT2D eigenvalue weighted by Crippen LogP contribution is -2.28. The summed E-state index contributed by atoms with van der Waals surface area (Å²) in [4.78, 5) is 12.3. The second kappa shape index (κ2) is 8.91. The van der Waals surface area contributed by atoms with Crippen LogP contribution in [0.2, 0.25) is 0 Å². The van der Waals surface area contributed by atoms with E-state index in [1.54, 1.807) is 19.2 Å². The summed E-state index contributed by atoms with van der Waals surface area (Å²) in [5, 5.41) is 2.72. The predicted octanol–water partition coefficient (Wildman–Crippen LogP) is 3.18. The number of carbonyl (C=O) groups excluding carboxylic acids is 1. The topological polar surface area (TPSA) is 66.5 Å². The van der Waals surface area contributed by atoms with Crippen LogP contribution in [-0.2, 0) is 16.6 Å². The zero-order chi connectivity index (χ0) is 19.2. The third-order valence-corrected chi connectivity index (χ3v) is 5.89. The van der Waals surface area contributed by atoms with Gasteiger partial charge in [-0.3, -0.25) is 4.79 Å². The molecule has 2 rings (SSSR count). The Morgan fingerprint density at radius 3 is 2.27 bits per heavy atom. The monoisotopic (exact) mass is 378 g/mol. The summed E-state index contributed by atoms with van der Waals surface area (Å²) in [6.07, 6.45) is 1.70. The van der Waals surface area contributed by atoms with Crippen LogP contribution in [0.5, 0.6) is 0 Å². The SMILES string of the molecule is CCCCN(C)S(=O)(=O)c1ccc(C(=O)NCc2ccc(F)cc2)cc1. The van der Waals surface area contributed by atoms with E-state index < -0.39 is 10.0 Å². The summed E-state index contributed by atoms with van der Waals surface area (Å²) in [6, 6.07) is 11.7. The first kappa shape index (κ1) is 20.1. The van der Waals surface area contributed by atoms with Gasteiger partial charge in [-0.25, -0.2) is 17.1 Å². The smallest absolute Gasteiger partial charge is 0.251 e. The highest BCUT2D eigenvalue weighted by Crippen LogP contribution is 2.16. The number of sulfonamides is 1. The molecule has 0 saturated heterocycles. The van der Waals surface area contributed by atoms with E-state index in [9.17, 15) is 17.6 Å². The lowest BCUT2D eigenvalue weighted by atomic mass is 10.2. The highest BCUT2D eigenvalue weighted by Gasteiger charge is 2.20. The Balaban J connectivity index is 2.01. The van der Waals surface area contributed by atoms with Crippen molar-refractivity contribution in [2.45, 2.75) is 31.2 Å². The molecule has 0 unspecified atom stereocenters. The van der Waals surface area contributed by atoms with Gasteiger partial charge in [0.25, 0.3) is 5.91 Å². The van der Waals surface area contributed by atoms with Gasteiger partial charge in [0.15, 0.2) is 0 Å². The van der Waals surface area contributed by atoms with Crippen molar-refractivity contribution in [3.63, 3.8) is 0 Å². The van der Waals surface area contributed by atoms with Crippen molar-refractivity contribution in [2.75, 3.05) is 13.6 Å². The number of carbonyl (C=O) groups is 1. The molecule has 0 bridgehead atoms. The summed E-state index contributed by atoms with van der Waals surface area (Å²) in [5.41, 5.74) is 1.14. The molecule has 0 atom stereocenters. The molecule has 0 spiro atoms. The third-order valence-electron chi connectivity index (χ3n) is 4.02. The first-order valence-corrected chi connectivity index (χ1v) is 9.87. The average molecular weight is 378 g/mol. The Morgan fingerprint density at radius 1 is 1.08 bits per heavy atom. The van der Waals surface area contributed by atoms with Crippen LogP contribution in [0, 0.1) is 5.82 Å². The number of hydrogen-bond acceptors (Lipinski definition) is 3. The highest BCUT2D eigenvalue weighted by atomic mass is 32.2. The molecule has 0 aliphatic carbocycles. The zero-order valence-corrected chi connectivity index (χ0v) is 15.7. The Morgan fingerprint density at radius 2 is 1.69 bits per heavy atom. The van der Waals surface area contributed by atoms with Crippen LogP contribution in [0.15, 0.2) is 53.4 Å². The van der Waals surface area contributed by atoms with Gasteiger partial charge in [-0.05, 0) is 48.4 Å². The molecule has 2 aromatic carbocycles. The maximum absolute atomic E-state index is 12.9. The number of hydrogen-bond donors (Lipinski definition) is 1. The first-order valence-electron chi connectivity index (χ1n) is 8.43. The van der Waals surface area contributed by atoms with Crippen molar-refractivity contribution in [1.82, 2.24) is 9.62 Å². The van der Waals surface area contributed by atoms with Crippen LogP contribution >= 0.6 is 0 Å². The van der Waals surface area contributed by atoms with Gasteiger partial charge in [-0.1, -0.05) is 25.5 Å². The fourth-order valence-electron chi connectivity index (χ4n) is 2.35. The largest absolute Gasteiger partial charge is 0.348 e. The Hall–Kier alpha value is -2.25. The van der Waals surface area contributed by atoms with Crippen molar-refractivity contribution in [3.8, 4) is 0 Å². The molecular weight excluding hydrogens is 355 g/mol. The van der Waals surface area contributed by atoms with E-state index in [1.807, 2.05) is 6.92 Å². The van der Waals surface area contributed by atoms with Crippen LogP contribution in [0.4, 0.5) is 4.39 Å². The molecule has 0 radical (unpaired) electrons. The summed E-state index contributed by atoms with van der Waals surface area (Å²) >= 11 is 0. The van der Waals surface area contributed by atoms with E-state index >= 15 is 0 Å². The van der Waals surface area contributed by atoms with Gasteiger partial charge < -0.3 is 5.32 Å². The Labute approximate surface area is 153 Å². The molecule has 1 amide bonds. The molecule has 0 aromatic heterocycles. The van der Waals surface area contributed by atoms with Crippen LogP contribution < -0.4 is 5.32 Å². The van der Waals surface area contributed by atoms with E-state index in [-0.39, 0.29) is 23.2 Å². The molecule has 0 heterocycles. The molecule has 2 aromatic rings. The standard InChI is InChI=1S/C19H23FN2O3S/c1-3-4-13-22(2)26(24,25)18-11-7-16(8-12-18)19(23)21-14-15-5-9-17(20)10-6-15/h5-12H,3-4,13-14H2,1-2H3,(H,21,23). The minimum Gasteiger partial charge on any atom is -0.348 e. The van der Waals surface area contributed by atoms with E-state index in [0.29, 0.717) is 12.1 Å². The number of nitrogens with zero attached hydrogens (tertiary/aromatic N) is 1. The number of amides is 1. The molecule has 0 fully saturated rings. The lowest BCUT2D eigenvalue weighted by Gasteiger charge is -2.17. The molecule has 26 heavy (non-hydrogen) atoms. The van der Waals surface area contributed by atoms with Crippen LogP contribution in [0.3, 0.4) is 0 Å². The van der Waals surface area contributed by atoms with Gasteiger partial charge >= 0.3 is 0 Å². The molecule has 5 nitrogen and oxygen atoms in total. The Kier molecular flexibility index (Phi) is 6.88. The van der Waals surface area contributed by atoms with Crippen LogP contribution in [0.1, 0.15) is 35.7 Å². The summed E-state index contributed by atoms with van der Waals surface area (Å²) < 4.78 is 39.1. The van der Waals surface area contributed by atoms with E-state index in [1.165, 1.54) is 40.7 Å². The first-order chi connectivity index (χ1) is 12.3. The van der Waals surface area contributed by atoms with Crippen molar-refractivity contribution in [3.05, 3.63) is 65.5 Å². The second-order valence-electron chi connectivity index (χ2n) is 6.01. The minimum absolute atomic E-state index is 0.159. The van der Waals surface area contributed by atoms with Crippen LogP contribution in [-0.4, -0.2) is 32.2 Å². The predicted molar refractivity (Wildman–Crippen MR) is 98.7 cm³/mol. The summed E-state index contributed by atoms with van der Waals surface area (Å²) in [7, 11) is -2.00. The number of nitrogens with one attached hydrogen (secondary N) is 1. The van der Waals surface area contributed by atoms with Crippen molar-refractivity contribution < 1.29 is 17.6 Å². The molecule has 7 heteroatoms. The number of halogens is 1. The molecule has 140 valence electrons. The second-order valence-corrected chi connectivity index (χ2v) is 8.06. The van der Waals surface area contributed by atoms with Gasteiger partial charge in [0.2, 0.25) is 10.0 Å². The summed E-state index contributed by atoms with van der Waals surface area (Å²) in [6.45, 7) is 2.72. The third kappa shape index (κ3) is 5.12. The van der Waals surface area contributed by atoms with Gasteiger partial charge in [0, 0.05) is 25.7 Å². The fraction of sp³-hybridized carbons (Fsp3) is 0.316. The Bertz CT molecular complexity index is 834. The fourth-order valence-corrected chi connectivity index (χ4v) is 3.56. The van der Waals surface area contributed by atoms with Crippen LogP contribution in [0.25, 0.3) is 0 Å². The minimum atomic E-state index is -3.55. The average Bonchev–Trinajstić information content (AvgIpc) is 2.65. The molecular formula is C19H23FN2O3S. The highest BCUT2D eigenvalue weighted by molar-refractivity contribution is 7.89. The van der Waals surface area contributed by atoms with E-state index in [0.717, 1.165) is 18.4 Å². The van der Waals surface area contributed by atoms with E-state index in [4.69, 9.17) is 0 Å². The van der Waals surface area contributed by atoms with Gasteiger partial charge in [-0.15, -0.1) is 0 Å². The number of rotatable bonds is 8. The maximum atomic E-state index is 12.9.